The van der Waals surface area contributed by atoms with E-state index in [0.29, 0.717) is 22.9 Å². The summed E-state index contributed by atoms with van der Waals surface area (Å²) in [5.41, 5.74) is 0.543. The van der Waals surface area contributed by atoms with E-state index in [-0.39, 0.29) is 19.1 Å². The molecular formula is C17H14BrNO5. The molecule has 2 aromatic rings. The molecule has 0 spiro atoms. The monoisotopic (exact) mass is 391 g/mol. The zero-order valence-corrected chi connectivity index (χ0v) is 14.4. The summed E-state index contributed by atoms with van der Waals surface area (Å²) in [6.07, 6.45) is 0. The van der Waals surface area contributed by atoms with Crippen LogP contribution in [-0.2, 0) is 9.59 Å². The summed E-state index contributed by atoms with van der Waals surface area (Å²) >= 11 is 3.35. The molecule has 0 atom stereocenters. The Hall–Kier alpha value is -2.54. The second kappa shape index (κ2) is 6.92. The number of benzene rings is 2. The van der Waals surface area contributed by atoms with Gasteiger partial charge in [-0.15, -0.1) is 0 Å². The van der Waals surface area contributed by atoms with Crippen LogP contribution >= 0.6 is 15.9 Å². The lowest BCUT2D eigenvalue weighted by Crippen LogP contribution is -2.43. The zero-order chi connectivity index (χ0) is 17.1. The number of esters is 1. The number of fused-ring (bicyclic) bond motifs is 1. The molecule has 24 heavy (non-hydrogen) atoms. The van der Waals surface area contributed by atoms with Gasteiger partial charge in [0.2, 0.25) is 0 Å². The maximum absolute atomic E-state index is 12.2. The van der Waals surface area contributed by atoms with Crippen molar-refractivity contribution in [1.82, 2.24) is 0 Å². The van der Waals surface area contributed by atoms with Gasteiger partial charge in [-0.3, -0.25) is 9.69 Å². The highest BCUT2D eigenvalue weighted by Crippen LogP contribution is 2.34. The highest BCUT2D eigenvalue weighted by molar-refractivity contribution is 9.10. The summed E-state index contributed by atoms with van der Waals surface area (Å²) < 4.78 is 16.5. The van der Waals surface area contributed by atoms with Gasteiger partial charge in [-0.2, -0.15) is 0 Å². The molecule has 0 fully saturated rings. The van der Waals surface area contributed by atoms with E-state index in [9.17, 15) is 9.59 Å². The first-order valence-electron chi connectivity index (χ1n) is 7.14. The van der Waals surface area contributed by atoms with Gasteiger partial charge in [-0.25, -0.2) is 4.79 Å². The van der Waals surface area contributed by atoms with Gasteiger partial charge in [0, 0.05) is 4.47 Å². The fourth-order valence-electron chi connectivity index (χ4n) is 2.29. The Labute approximate surface area is 147 Å². The quantitative estimate of drug-likeness (QED) is 0.592. The highest BCUT2D eigenvalue weighted by atomic mass is 79.9. The molecule has 0 saturated heterocycles. The van der Waals surface area contributed by atoms with Crippen molar-refractivity contribution in [1.29, 1.82) is 0 Å². The first kappa shape index (κ1) is 16.3. The van der Waals surface area contributed by atoms with Crippen LogP contribution in [0, 0.1) is 0 Å². The molecule has 0 unspecified atom stereocenters. The number of ether oxygens (including phenoxy) is 3. The summed E-state index contributed by atoms with van der Waals surface area (Å²) in [5.74, 6) is 0.761. The van der Waals surface area contributed by atoms with Gasteiger partial charge in [-0.05, 0) is 42.5 Å². The van der Waals surface area contributed by atoms with Gasteiger partial charge in [0.05, 0.1) is 12.8 Å². The van der Waals surface area contributed by atoms with E-state index in [1.165, 1.54) is 4.90 Å². The number of hydrogen-bond donors (Lipinski definition) is 0. The van der Waals surface area contributed by atoms with Crippen LogP contribution in [0.3, 0.4) is 0 Å². The first-order valence-corrected chi connectivity index (χ1v) is 7.93. The standard InChI is InChI=1S/C17H14BrNO5/c1-22-12-3-5-13(6-4-12)24-17(21)9-19-14-7-2-11(18)8-15(14)23-10-16(19)20/h2-8H,9-10H2,1H3. The SMILES string of the molecule is COc1ccc(OC(=O)CN2C(=O)COc3cc(Br)ccc32)cc1. The van der Waals surface area contributed by atoms with Gasteiger partial charge in [0.15, 0.2) is 6.61 Å². The van der Waals surface area contributed by atoms with E-state index in [2.05, 4.69) is 15.9 Å². The van der Waals surface area contributed by atoms with Gasteiger partial charge in [0.1, 0.15) is 23.8 Å². The highest BCUT2D eigenvalue weighted by Gasteiger charge is 2.28. The minimum absolute atomic E-state index is 0.112. The van der Waals surface area contributed by atoms with Crippen molar-refractivity contribution in [2.75, 3.05) is 25.2 Å². The molecule has 6 nitrogen and oxygen atoms in total. The molecule has 0 aromatic heterocycles. The number of anilines is 1. The Morgan fingerprint density at radius 1 is 1.21 bits per heavy atom. The van der Waals surface area contributed by atoms with Gasteiger partial charge < -0.3 is 14.2 Å². The number of rotatable bonds is 4. The van der Waals surface area contributed by atoms with Crippen LogP contribution in [0.25, 0.3) is 0 Å². The largest absolute Gasteiger partial charge is 0.497 e. The molecule has 7 heteroatoms. The van der Waals surface area contributed by atoms with Crippen LogP contribution in [0.5, 0.6) is 17.2 Å². The van der Waals surface area contributed by atoms with E-state index in [4.69, 9.17) is 14.2 Å². The molecule has 1 aliphatic rings. The van der Waals surface area contributed by atoms with E-state index in [1.807, 2.05) is 0 Å². The summed E-state index contributed by atoms with van der Waals surface area (Å²) in [5, 5.41) is 0. The molecule has 3 rings (SSSR count). The lowest BCUT2D eigenvalue weighted by molar-refractivity contribution is -0.134. The molecule has 0 bridgehead atoms. The maximum Gasteiger partial charge on any atom is 0.331 e. The normalized spacial score (nSPS) is 13.1. The van der Waals surface area contributed by atoms with E-state index >= 15 is 0 Å². The third kappa shape index (κ3) is 3.51. The first-order chi connectivity index (χ1) is 11.6. The smallest absolute Gasteiger partial charge is 0.331 e. The Kier molecular flexibility index (Phi) is 4.71. The fourth-order valence-corrected chi connectivity index (χ4v) is 2.63. The van der Waals surface area contributed by atoms with Crippen molar-refractivity contribution < 1.29 is 23.8 Å². The van der Waals surface area contributed by atoms with Gasteiger partial charge in [0.25, 0.3) is 5.91 Å². The second-order valence-corrected chi connectivity index (χ2v) is 5.95. The molecule has 0 radical (unpaired) electrons. The average Bonchev–Trinajstić information content (AvgIpc) is 2.58. The van der Waals surface area contributed by atoms with Crippen molar-refractivity contribution in [3.05, 3.63) is 46.9 Å². The van der Waals surface area contributed by atoms with Crippen molar-refractivity contribution in [2.24, 2.45) is 0 Å². The summed E-state index contributed by atoms with van der Waals surface area (Å²) in [4.78, 5) is 25.6. The fraction of sp³-hybridized carbons (Fsp3) is 0.176. The van der Waals surface area contributed by atoms with Crippen molar-refractivity contribution >= 4 is 33.5 Å². The minimum atomic E-state index is -0.538. The number of hydrogen-bond acceptors (Lipinski definition) is 5. The lowest BCUT2D eigenvalue weighted by atomic mass is 10.2. The van der Waals surface area contributed by atoms with Gasteiger partial charge in [-0.1, -0.05) is 15.9 Å². The van der Waals surface area contributed by atoms with Crippen molar-refractivity contribution in [3.8, 4) is 17.2 Å². The number of carbonyl (C=O) groups excluding carboxylic acids is 2. The third-order valence-electron chi connectivity index (χ3n) is 3.44. The van der Waals surface area contributed by atoms with E-state index in [0.717, 1.165) is 4.47 Å². The van der Waals surface area contributed by atoms with Crippen molar-refractivity contribution in [2.45, 2.75) is 0 Å². The Bertz CT molecular complexity index is 775. The third-order valence-corrected chi connectivity index (χ3v) is 3.94. The molecule has 0 saturated carbocycles. The molecule has 0 N–H and O–H groups in total. The number of carbonyl (C=O) groups is 2. The van der Waals surface area contributed by atoms with Crippen molar-refractivity contribution in [3.63, 3.8) is 0 Å². The van der Waals surface area contributed by atoms with Crippen LogP contribution < -0.4 is 19.1 Å². The van der Waals surface area contributed by atoms with Crippen LogP contribution in [0.1, 0.15) is 0 Å². The molecule has 0 aliphatic carbocycles. The zero-order valence-electron chi connectivity index (χ0n) is 12.8. The van der Waals surface area contributed by atoms with Crippen LogP contribution in [0.15, 0.2) is 46.9 Å². The molecule has 1 amide bonds. The van der Waals surface area contributed by atoms with E-state index in [1.54, 1.807) is 49.6 Å². The number of amides is 1. The van der Waals surface area contributed by atoms with Crippen LogP contribution in [0.2, 0.25) is 0 Å². The maximum atomic E-state index is 12.2. The number of nitrogens with zero attached hydrogens (tertiary/aromatic N) is 1. The predicted molar refractivity (Wildman–Crippen MR) is 90.6 cm³/mol. The second-order valence-electron chi connectivity index (χ2n) is 5.03. The van der Waals surface area contributed by atoms with Gasteiger partial charge >= 0.3 is 5.97 Å². The number of methoxy groups -OCH3 is 1. The Balaban J connectivity index is 1.72. The molecule has 1 heterocycles. The van der Waals surface area contributed by atoms with Crippen LogP contribution in [-0.4, -0.2) is 32.1 Å². The van der Waals surface area contributed by atoms with Crippen LogP contribution in [0.4, 0.5) is 5.69 Å². The predicted octanol–water partition coefficient (Wildman–Crippen LogP) is 2.79. The number of halogens is 1. The summed E-state index contributed by atoms with van der Waals surface area (Å²) in [6, 6.07) is 11.9. The molecule has 1 aliphatic heterocycles. The average molecular weight is 392 g/mol. The molecule has 2 aromatic carbocycles. The lowest BCUT2D eigenvalue weighted by Gasteiger charge is -2.28. The Morgan fingerprint density at radius 2 is 1.92 bits per heavy atom. The minimum Gasteiger partial charge on any atom is -0.497 e. The molecular weight excluding hydrogens is 378 g/mol. The van der Waals surface area contributed by atoms with E-state index < -0.39 is 5.97 Å². The summed E-state index contributed by atoms with van der Waals surface area (Å²) in [7, 11) is 1.56. The summed E-state index contributed by atoms with van der Waals surface area (Å²) in [6.45, 7) is -0.303. The topological polar surface area (TPSA) is 65.1 Å². The molecule has 124 valence electrons. The Morgan fingerprint density at radius 3 is 2.62 bits per heavy atom.